The first-order chi connectivity index (χ1) is 8.13. The van der Waals surface area contributed by atoms with Gasteiger partial charge in [0.15, 0.2) is 0 Å². The predicted octanol–water partition coefficient (Wildman–Crippen LogP) is 3.26. The fourth-order valence-corrected chi connectivity index (χ4v) is 2.74. The molecule has 0 saturated carbocycles. The van der Waals surface area contributed by atoms with Crippen LogP contribution in [0.2, 0.25) is 5.02 Å². The molecule has 0 amide bonds. The molecule has 1 atom stereocenters. The number of hydrogen-bond donors (Lipinski definition) is 1. The molecular formula is C14H20ClNO. The summed E-state index contributed by atoms with van der Waals surface area (Å²) < 4.78 is 5.49. The van der Waals surface area contributed by atoms with Crippen LogP contribution in [-0.2, 0) is 6.42 Å². The van der Waals surface area contributed by atoms with E-state index in [1.807, 2.05) is 13.0 Å². The molecule has 0 bridgehead atoms. The molecule has 2 rings (SSSR count). The summed E-state index contributed by atoms with van der Waals surface area (Å²) in [6, 6.07) is 2.61. The molecule has 0 radical (unpaired) electrons. The molecule has 1 fully saturated rings. The van der Waals surface area contributed by atoms with Crippen LogP contribution in [0.25, 0.3) is 0 Å². The Bertz CT molecular complexity index is 411. The normalized spacial score (nSPS) is 19.6. The maximum atomic E-state index is 6.32. The third-order valence-electron chi connectivity index (χ3n) is 3.61. The lowest BCUT2D eigenvalue weighted by Crippen LogP contribution is -2.24. The summed E-state index contributed by atoms with van der Waals surface area (Å²) >= 11 is 6.32. The number of methoxy groups -OCH3 is 1. The monoisotopic (exact) mass is 253 g/mol. The van der Waals surface area contributed by atoms with Gasteiger partial charge in [0.05, 0.1) is 7.11 Å². The van der Waals surface area contributed by atoms with Gasteiger partial charge >= 0.3 is 0 Å². The van der Waals surface area contributed by atoms with E-state index >= 15 is 0 Å². The Morgan fingerprint density at radius 3 is 2.82 bits per heavy atom. The van der Waals surface area contributed by atoms with Gasteiger partial charge in [-0.1, -0.05) is 11.6 Å². The van der Waals surface area contributed by atoms with Crippen LogP contribution < -0.4 is 10.1 Å². The third kappa shape index (κ3) is 2.58. The first kappa shape index (κ1) is 12.7. The number of rotatable bonds is 3. The van der Waals surface area contributed by atoms with Crippen molar-refractivity contribution in [2.75, 3.05) is 13.7 Å². The molecule has 3 heteroatoms. The Labute approximate surface area is 108 Å². The van der Waals surface area contributed by atoms with Gasteiger partial charge in [-0.2, -0.15) is 0 Å². The largest absolute Gasteiger partial charge is 0.496 e. The van der Waals surface area contributed by atoms with Crippen LogP contribution in [0.15, 0.2) is 6.07 Å². The summed E-state index contributed by atoms with van der Waals surface area (Å²) in [4.78, 5) is 0. The second-order valence-corrected chi connectivity index (χ2v) is 5.19. The van der Waals surface area contributed by atoms with Crippen molar-refractivity contribution < 1.29 is 4.74 Å². The van der Waals surface area contributed by atoms with E-state index in [4.69, 9.17) is 16.3 Å². The Morgan fingerprint density at radius 2 is 2.24 bits per heavy atom. The van der Waals surface area contributed by atoms with Gasteiger partial charge in [0, 0.05) is 16.6 Å². The minimum absolute atomic E-state index is 0.571. The van der Waals surface area contributed by atoms with E-state index in [-0.39, 0.29) is 0 Å². The zero-order valence-corrected chi connectivity index (χ0v) is 11.5. The molecular weight excluding hydrogens is 234 g/mol. The zero-order chi connectivity index (χ0) is 12.4. The first-order valence-electron chi connectivity index (χ1n) is 6.19. The lowest BCUT2D eigenvalue weighted by molar-refractivity contribution is 0.406. The molecule has 1 unspecified atom stereocenters. The molecule has 0 aliphatic carbocycles. The topological polar surface area (TPSA) is 21.3 Å². The van der Waals surface area contributed by atoms with E-state index in [0.29, 0.717) is 6.04 Å². The number of hydrogen-bond acceptors (Lipinski definition) is 2. The smallest absolute Gasteiger partial charge is 0.122 e. The van der Waals surface area contributed by atoms with Crippen LogP contribution in [-0.4, -0.2) is 19.7 Å². The van der Waals surface area contributed by atoms with E-state index in [0.717, 1.165) is 34.9 Å². The van der Waals surface area contributed by atoms with Crippen LogP contribution in [0.3, 0.4) is 0 Å². The maximum absolute atomic E-state index is 6.32. The maximum Gasteiger partial charge on any atom is 0.122 e. The quantitative estimate of drug-likeness (QED) is 0.893. The fraction of sp³-hybridized carbons (Fsp3) is 0.571. The van der Waals surface area contributed by atoms with Crippen LogP contribution in [0.4, 0.5) is 0 Å². The Hall–Kier alpha value is -0.730. The van der Waals surface area contributed by atoms with E-state index < -0.39 is 0 Å². The van der Waals surface area contributed by atoms with Crippen LogP contribution in [0.5, 0.6) is 5.75 Å². The van der Waals surface area contributed by atoms with Gasteiger partial charge in [-0.15, -0.1) is 0 Å². The minimum Gasteiger partial charge on any atom is -0.496 e. The number of benzene rings is 1. The lowest BCUT2D eigenvalue weighted by atomic mass is 9.97. The molecule has 1 aliphatic rings. The second-order valence-electron chi connectivity index (χ2n) is 4.81. The number of aryl methyl sites for hydroxylation is 1. The predicted molar refractivity (Wildman–Crippen MR) is 72.2 cm³/mol. The van der Waals surface area contributed by atoms with E-state index in [9.17, 15) is 0 Å². The van der Waals surface area contributed by atoms with Gasteiger partial charge in [0.25, 0.3) is 0 Å². The van der Waals surface area contributed by atoms with Crippen LogP contribution in [0, 0.1) is 13.8 Å². The SMILES string of the molecule is COc1cc(C)c(Cl)c(C)c1CC1CCCN1. The number of nitrogens with one attached hydrogen (secondary N) is 1. The highest BCUT2D eigenvalue weighted by molar-refractivity contribution is 6.32. The van der Waals surface area contributed by atoms with Crippen molar-refractivity contribution in [2.45, 2.75) is 39.2 Å². The highest BCUT2D eigenvalue weighted by atomic mass is 35.5. The van der Waals surface area contributed by atoms with Gasteiger partial charge in [-0.3, -0.25) is 0 Å². The van der Waals surface area contributed by atoms with Crippen molar-refractivity contribution >= 4 is 11.6 Å². The minimum atomic E-state index is 0.571. The van der Waals surface area contributed by atoms with Crippen molar-refractivity contribution in [3.05, 3.63) is 27.8 Å². The molecule has 0 aromatic heterocycles. The van der Waals surface area contributed by atoms with Crippen molar-refractivity contribution in [1.29, 1.82) is 0 Å². The fourth-order valence-electron chi connectivity index (χ4n) is 2.57. The van der Waals surface area contributed by atoms with Gasteiger partial charge in [0.1, 0.15) is 5.75 Å². The molecule has 1 aromatic carbocycles. The second kappa shape index (κ2) is 5.28. The van der Waals surface area contributed by atoms with Crippen molar-refractivity contribution in [3.63, 3.8) is 0 Å². The molecule has 94 valence electrons. The summed E-state index contributed by atoms with van der Waals surface area (Å²) in [5.74, 6) is 0.970. The van der Waals surface area contributed by atoms with E-state index in [1.54, 1.807) is 7.11 Å². The lowest BCUT2D eigenvalue weighted by Gasteiger charge is -2.18. The summed E-state index contributed by atoms with van der Waals surface area (Å²) in [7, 11) is 1.73. The Balaban J connectivity index is 2.33. The standard InChI is InChI=1S/C14H20ClNO/c1-9-7-13(17-3)12(10(2)14(9)15)8-11-5-4-6-16-11/h7,11,16H,4-6,8H2,1-3H3. The first-order valence-corrected chi connectivity index (χ1v) is 6.57. The van der Waals surface area contributed by atoms with E-state index in [1.165, 1.54) is 18.4 Å². The molecule has 1 aliphatic heterocycles. The zero-order valence-electron chi connectivity index (χ0n) is 10.8. The Morgan fingerprint density at radius 1 is 1.47 bits per heavy atom. The van der Waals surface area contributed by atoms with Crippen molar-refractivity contribution in [3.8, 4) is 5.75 Å². The molecule has 1 heterocycles. The van der Waals surface area contributed by atoms with Crippen molar-refractivity contribution in [2.24, 2.45) is 0 Å². The van der Waals surface area contributed by atoms with Crippen LogP contribution in [0.1, 0.15) is 29.5 Å². The van der Waals surface area contributed by atoms with Gasteiger partial charge in [-0.25, -0.2) is 0 Å². The highest BCUT2D eigenvalue weighted by Gasteiger charge is 2.19. The Kier molecular flexibility index (Phi) is 3.95. The summed E-state index contributed by atoms with van der Waals surface area (Å²) in [6.45, 7) is 5.24. The van der Waals surface area contributed by atoms with Gasteiger partial charge in [-0.05, 0) is 56.8 Å². The average Bonchev–Trinajstić information content (AvgIpc) is 2.82. The van der Waals surface area contributed by atoms with Crippen molar-refractivity contribution in [1.82, 2.24) is 5.32 Å². The summed E-state index contributed by atoms with van der Waals surface area (Å²) in [5.41, 5.74) is 3.50. The molecule has 17 heavy (non-hydrogen) atoms. The molecule has 2 nitrogen and oxygen atoms in total. The molecule has 1 aromatic rings. The molecule has 1 N–H and O–H groups in total. The average molecular weight is 254 g/mol. The summed E-state index contributed by atoms with van der Waals surface area (Å²) in [6.07, 6.45) is 3.52. The molecule has 0 spiro atoms. The van der Waals surface area contributed by atoms with Crippen LogP contribution >= 0.6 is 11.6 Å². The van der Waals surface area contributed by atoms with E-state index in [2.05, 4.69) is 12.2 Å². The number of ether oxygens (including phenoxy) is 1. The summed E-state index contributed by atoms with van der Waals surface area (Å²) in [5, 5.41) is 4.39. The number of halogens is 1. The highest BCUT2D eigenvalue weighted by Crippen LogP contribution is 2.33. The third-order valence-corrected chi connectivity index (χ3v) is 4.19. The van der Waals surface area contributed by atoms with Gasteiger partial charge in [0.2, 0.25) is 0 Å². The molecule has 1 saturated heterocycles. The van der Waals surface area contributed by atoms with Gasteiger partial charge < -0.3 is 10.1 Å².